The van der Waals surface area contributed by atoms with Crippen molar-refractivity contribution < 1.29 is 14.1 Å². The molecule has 16 heavy (non-hydrogen) atoms. The fourth-order valence-electron chi connectivity index (χ4n) is 1.84. The van der Waals surface area contributed by atoms with Crippen LogP contribution in [-0.2, 0) is 4.74 Å². The zero-order valence-corrected chi connectivity index (χ0v) is 9.53. The fraction of sp³-hybridized carbons (Fsp3) is 0.636. The molecule has 0 aliphatic carbocycles. The molecule has 0 aromatic carbocycles. The van der Waals surface area contributed by atoms with Crippen molar-refractivity contribution in [3.05, 3.63) is 17.5 Å². The molecule has 1 aliphatic rings. The first-order chi connectivity index (χ1) is 7.66. The molecule has 0 saturated carbocycles. The molecule has 2 atom stereocenters. The largest absolute Gasteiger partial charge is 0.376 e. The first kappa shape index (κ1) is 11.1. The number of rotatable bonds is 3. The van der Waals surface area contributed by atoms with E-state index in [-0.39, 0.29) is 23.8 Å². The van der Waals surface area contributed by atoms with Gasteiger partial charge in [-0.3, -0.25) is 4.79 Å². The molecule has 1 aromatic rings. The number of hydrogen-bond donors (Lipinski definition) is 1. The molecule has 0 radical (unpaired) electrons. The van der Waals surface area contributed by atoms with Crippen molar-refractivity contribution in [2.45, 2.75) is 38.8 Å². The molecule has 1 N–H and O–H groups in total. The van der Waals surface area contributed by atoms with Gasteiger partial charge in [0.25, 0.3) is 5.91 Å². The molecule has 5 heteroatoms. The Morgan fingerprint density at radius 1 is 1.69 bits per heavy atom. The molecule has 88 valence electrons. The van der Waals surface area contributed by atoms with Crippen molar-refractivity contribution in [1.82, 2.24) is 10.5 Å². The quantitative estimate of drug-likeness (QED) is 0.840. The standard InChI is InChI=1S/C11H16N2O3/c1-7-6-10(16-13-7)11(14)12-8(2)9-4-3-5-15-9/h6,8-9H,3-5H2,1-2H3,(H,12,14)/t8-,9+/m1/s1. The summed E-state index contributed by atoms with van der Waals surface area (Å²) >= 11 is 0. The van der Waals surface area contributed by atoms with Crippen LogP contribution in [0.5, 0.6) is 0 Å². The summed E-state index contributed by atoms with van der Waals surface area (Å²) in [6, 6.07) is 1.62. The highest BCUT2D eigenvalue weighted by Gasteiger charge is 2.24. The highest BCUT2D eigenvalue weighted by molar-refractivity contribution is 5.91. The Bertz CT molecular complexity index is 369. The van der Waals surface area contributed by atoms with Gasteiger partial charge in [0.1, 0.15) is 0 Å². The van der Waals surface area contributed by atoms with E-state index < -0.39 is 0 Å². The lowest BCUT2D eigenvalue weighted by Gasteiger charge is -2.18. The van der Waals surface area contributed by atoms with E-state index in [9.17, 15) is 4.79 Å². The van der Waals surface area contributed by atoms with Crippen LogP contribution in [0.2, 0.25) is 0 Å². The number of nitrogens with zero attached hydrogens (tertiary/aromatic N) is 1. The minimum absolute atomic E-state index is 0.000376. The van der Waals surface area contributed by atoms with Crippen molar-refractivity contribution in [2.75, 3.05) is 6.61 Å². The second-order valence-corrected chi connectivity index (χ2v) is 4.15. The maximum atomic E-state index is 11.7. The zero-order valence-electron chi connectivity index (χ0n) is 9.53. The number of aromatic nitrogens is 1. The Balaban J connectivity index is 1.91. The van der Waals surface area contributed by atoms with Crippen molar-refractivity contribution in [3.63, 3.8) is 0 Å². The molecule has 1 saturated heterocycles. The van der Waals surface area contributed by atoms with Gasteiger partial charge in [0, 0.05) is 12.7 Å². The van der Waals surface area contributed by atoms with Crippen molar-refractivity contribution >= 4 is 5.91 Å². The minimum atomic E-state index is -0.233. The average Bonchev–Trinajstić information content (AvgIpc) is 2.87. The van der Waals surface area contributed by atoms with E-state index in [1.165, 1.54) is 0 Å². The summed E-state index contributed by atoms with van der Waals surface area (Å²) in [5.41, 5.74) is 0.704. The van der Waals surface area contributed by atoms with E-state index in [2.05, 4.69) is 10.5 Å². The summed E-state index contributed by atoms with van der Waals surface area (Å²) in [6.07, 6.45) is 2.18. The third kappa shape index (κ3) is 2.41. The van der Waals surface area contributed by atoms with Gasteiger partial charge >= 0.3 is 0 Å². The molecule has 1 fully saturated rings. The zero-order chi connectivity index (χ0) is 11.5. The van der Waals surface area contributed by atoms with Gasteiger partial charge in [-0.1, -0.05) is 5.16 Å². The summed E-state index contributed by atoms with van der Waals surface area (Å²) in [4.78, 5) is 11.7. The van der Waals surface area contributed by atoms with Gasteiger partial charge in [-0.05, 0) is 26.7 Å². The molecule has 1 aliphatic heterocycles. The number of hydrogen-bond acceptors (Lipinski definition) is 4. The van der Waals surface area contributed by atoms with E-state index in [0.29, 0.717) is 5.69 Å². The molecular formula is C11H16N2O3. The number of aryl methyl sites for hydroxylation is 1. The predicted octanol–water partition coefficient (Wildman–Crippen LogP) is 1.28. The van der Waals surface area contributed by atoms with E-state index in [0.717, 1.165) is 19.4 Å². The Hall–Kier alpha value is -1.36. The van der Waals surface area contributed by atoms with E-state index in [1.807, 2.05) is 6.92 Å². The lowest BCUT2D eigenvalue weighted by atomic mass is 10.1. The molecule has 0 spiro atoms. The lowest BCUT2D eigenvalue weighted by molar-refractivity contribution is 0.0691. The topological polar surface area (TPSA) is 64.4 Å². The Morgan fingerprint density at radius 2 is 2.50 bits per heavy atom. The monoisotopic (exact) mass is 224 g/mol. The number of ether oxygens (including phenoxy) is 1. The second-order valence-electron chi connectivity index (χ2n) is 4.15. The van der Waals surface area contributed by atoms with Gasteiger partial charge < -0.3 is 14.6 Å². The molecule has 1 aromatic heterocycles. The molecule has 2 heterocycles. The number of amides is 1. The highest BCUT2D eigenvalue weighted by atomic mass is 16.5. The van der Waals surface area contributed by atoms with Crippen LogP contribution in [0.15, 0.2) is 10.6 Å². The van der Waals surface area contributed by atoms with Crippen LogP contribution in [-0.4, -0.2) is 29.8 Å². The van der Waals surface area contributed by atoms with Gasteiger partial charge in [-0.15, -0.1) is 0 Å². The van der Waals surface area contributed by atoms with Gasteiger partial charge in [0.05, 0.1) is 17.8 Å². The van der Waals surface area contributed by atoms with Crippen LogP contribution in [0.3, 0.4) is 0 Å². The van der Waals surface area contributed by atoms with E-state index >= 15 is 0 Å². The number of carbonyl (C=O) groups is 1. The Labute approximate surface area is 94.1 Å². The van der Waals surface area contributed by atoms with Crippen LogP contribution in [0.4, 0.5) is 0 Å². The molecular weight excluding hydrogens is 208 g/mol. The van der Waals surface area contributed by atoms with Crippen LogP contribution < -0.4 is 5.32 Å². The predicted molar refractivity (Wildman–Crippen MR) is 57.1 cm³/mol. The van der Waals surface area contributed by atoms with Gasteiger partial charge in [-0.2, -0.15) is 0 Å². The van der Waals surface area contributed by atoms with Crippen LogP contribution in [0, 0.1) is 6.92 Å². The summed E-state index contributed by atoms with van der Waals surface area (Å²) in [5, 5.41) is 6.53. The highest BCUT2D eigenvalue weighted by Crippen LogP contribution is 2.15. The van der Waals surface area contributed by atoms with Gasteiger partial charge in [0.15, 0.2) is 0 Å². The summed E-state index contributed by atoms with van der Waals surface area (Å²) in [6.45, 7) is 4.51. The normalized spacial score (nSPS) is 22.0. The first-order valence-corrected chi connectivity index (χ1v) is 5.52. The second kappa shape index (κ2) is 4.65. The third-order valence-corrected chi connectivity index (χ3v) is 2.73. The molecule has 2 rings (SSSR count). The Morgan fingerprint density at radius 3 is 3.06 bits per heavy atom. The molecule has 0 unspecified atom stereocenters. The molecule has 5 nitrogen and oxygen atoms in total. The van der Waals surface area contributed by atoms with E-state index in [4.69, 9.17) is 9.26 Å². The maximum Gasteiger partial charge on any atom is 0.290 e. The van der Waals surface area contributed by atoms with E-state index in [1.54, 1.807) is 13.0 Å². The maximum absolute atomic E-state index is 11.7. The number of carbonyl (C=O) groups excluding carboxylic acids is 1. The lowest BCUT2D eigenvalue weighted by Crippen LogP contribution is -2.40. The van der Waals surface area contributed by atoms with Gasteiger partial charge in [0.2, 0.25) is 5.76 Å². The average molecular weight is 224 g/mol. The minimum Gasteiger partial charge on any atom is -0.376 e. The molecule has 1 amide bonds. The third-order valence-electron chi connectivity index (χ3n) is 2.73. The fourth-order valence-corrected chi connectivity index (χ4v) is 1.84. The molecule has 0 bridgehead atoms. The number of nitrogens with one attached hydrogen (secondary N) is 1. The van der Waals surface area contributed by atoms with Crippen LogP contribution >= 0.6 is 0 Å². The van der Waals surface area contributed by atoms with Crippen molar-refractivity contribution in [3.8, 4) is 0 Å². The summed E-state index contributed by atoms with van der Waals surface area (Å²) in [7, 11) is 0. The van der Waals surface area contributed by atoms with Crippen molar-refractivity contribution in [2.24, 2.45) is 0 Å². The first-order valence-electron chi connectivity index (χ1n) is 5.52. The smallest absolute Gasteiger partial charge is 0.290 e. The summed E-state index contributed by atoms with van der Waals surface area (Å²) < 4.78 is 10.4. The van der Waals surface area contributed by atoms with Crippen LogP contribution in [0.1, 0.15) is 36.0 Å². The summed E-state index contributed by atoms with van der Waals surface area (Å²) in [5.74, 6) is 0.0194. The Kier molecular flexibility index (Phi) is 3.24. The van der Waals surface area contributed by atoms with Gasteiger partial charge in [-0.25, -0.2) is 0 Å². The SMILES string of the molecule is Cc1cc(C(=O)N[C@H](C)[C@@H]2CCCO2)on1. The van der Waals surface area contributed by atoms with Crippen molar-refractivity contribution in [1.29, 1.82) is 0 Å². The van der Waals surface area contributed by atoms with Crippen LogP contribution in [0.25, 0.3) is 0 Å².